The fraction of sp³-hybridized carbons (Fsp3) is 0.357. The van der Waals surface area contributed by atoms with Crippen molar-refractivity contribution in [1.82, 2.24) is 0 Å². The van der Waals surface area contributed by atoms with Gasteiger partial charge in [0, 0.05) is 0 Å². The van der Waals surface area contributed by atoms with E-state index in [1.54, 1.807) is 12.1 Å². The highest BCUT2D eigenvalue weighted by Crippen LogP contribution is 2.34. The van der Waals surface area contributed by atoms with Crippen molar-refractivity contribution in [2.24, 2.45) is 0 Å². The molecule has 1 aliphatic carbocycles. The van der Waals surface area contributed by atoms with E-state index in [9.17, 15) is 18.0 Å². The second kappa shape index (κ2) is 5.07. The van der Waals surface area contributed by atoms with E-state index >= 15 is 0 Å². The van der Waals surface area contributed by atoms with Gasteiger partial charge < -0.3 is 4.74 Å². The molecule has 0 N–H and O–H groups in total. The van der Waals surface area contributed by atoms with Crippen molar-refractivity contribution < 1.29 is 22.7 Å². The molecule has 19 heavy (non-hydrogen) atoms. The van der Waals surface area contributed by atoms with Crippen LogP contribution in [0.5, 0.6) is 0 Å². The number of hydrogen-bond donors (Lipinski definition) is 0. The van der Waals surface area contributed by atoms with Crippen molar-refractivity contribution in [3.8, 4) is 0 Å². The summed E-state index contributed by atoms with van der Waals surface area (Å²) in [5, 5.41) is 0. The van der Waals surface area contributed by atoms with Crippen LogP contribution in [-0.4, -0.2) is 18.8 Å². The third kappa shape index (κ3) is 3.36. The van der Waals surface area contributed by atoms with E-state index in [1.807, 2.05) is 25.1 Å². The summed E-state index contributed by atoms with van der Waals surface area (Å²) < 4.78 is 40.6. The van der Waals surface area contributed by atoms with Gasteiger partial charge in [-0.15, -0.1) is 0 Å². The Morgan fingerprint density at radius 1 is 1.37 bits per heavy atom. The van der Waals surface area contributed by atoms with Crippen LogP contribution in [0.1, 0.15) is 30.4 Å². The Morgan fingerprint density at radius 2 is 2.05 bits per heavy atom. The highest BCUT2D eigenvalue weighted by Gasteiger charge is 2.33. The number of ether oxygens (including phenoxy) is 1. The highest BCUT2D eigenvalue weighted by atomic mass is 19.4. The lowest BCUT2D eigenvalue weighted by molar-refractivity contribution is -0.187. The fourth-order valence-corrected chi connectivity index (χ4v) is 2.18. The van der Waals surface area contributed by atoms with Crippen LogP contribution in [0, 0.1) is 0 Å². The van der Waals surface area contributed by atoms with E-state index in [0.29, 0.717) is 6.42 Å². The number of allylic oxidation sites excluding steroid dienone is 1. The average molecular weight is 270 g/mol. The molecule has 0 unspecified atom stereocenters. The molecule has 0 heterocycles. The number of carbonyl (C=O) groups excluding carboxylic acids is 1. The van der Waals surface area contributed by atoms with Crippen LogP contribution in [0.25, 0.3) is 6.08 Å². The van der Waals surface area contributed by atoms with Gasteiger partial charge in [0.25, 0.3) is 0 Å². The van der Waals surface area contributed by atoms with E-state index in [2.05, 4.69) is 4.74 Å². The van der Waals surface area contributed by atoms with Crippen molar-refractivity contribution in [2.75, 3.05) is 6.61 Å². The topological polar surface area (TPSA) is 26.3 Å². The number of fused-ring (bicyclic) bond motifs is 1. The number of benzene rings is 1. The summed E-state index contributed by atoms with van der Waals surface area (Å²) >= 11 is 0. The molecule has 0 spiro atoms. The van der Waals surface area contributed by atoms with Crippen molar-refractivity contribution in [1.29, 1.82) is 0 Å². The number of rotatable bonds is 2. The molecule has 0 aromatic heterocycles. The third-order valence-corrected chi connectivity index (χ3v) is 2.96. The molecule has 0 radical (unpaired) electrons. The number of halogens is 3. The molecule has 0 saturated heterocycles. The summed E-state index contributed by atoms with van der Waals surface area (Å²) in [6.07, 6.45) is -2.16. The zero-order valence-corrected chi connectivity index (χ0v) is 10.3. The van der Waals surface area contributed by atoms with Gasteiger partial charge >= 0.3 is 12.1 Å². The SMILES string of the molecule is CC1=Cc2ccccc2[C@H](C(=O)OCC(F)(F)F)C1. The Balaban J connectivity index is 2.17. The van der Waals surface area contributed by atoms with E-state index in [0.717, 1.165) is 16.7 Å². The van der Waals surface area contributed by atoms with Crippen LogP contribution in [0.4, 0.5) is 13.2 Å². The molecule has 1 aromatic carbocycles. The Morgan fingerprint density at radius 3 is 2.74 bits per heavy atom. The maximum Gasteiger partial charge on any atom is 0.422 e. The first kappa shape index (κ1) is 13.6. The zero-order valence-electron chi connectivity index (χ0n) is 10.3. The van der Waals surface area contributed by atoms with Gasteiger partial charge in [-0.25, -0.2) is 0 Å². The van der Waals surface area contributed by atoms with Crippen molar-refractivity contribution in [3.05, 3.63) is 41.0 Å². The largest absolute Gasteiger partial charge is 0.456 e. The number of alkyl halides is 3. The van der Waals surface area contributed by atoms with Crippen LogP contribution in [0.2, 0.25) is 0 Å². The lowest BCUT2D eigenvalue weighted by Gasteiger charge is -2.23. The van der Waals surface area contributed by atoms with Gasteiger partial charge in [0.2, 0.25) is 0 Å². The first-order valence-corrected chi connectivity index (χ1v) is 5.86. The molecule has 1 atom stereocenters. The fourth-order valence-electron chi connectivity index (χ4n) is 2.18. The molecule has 0 saturated carbocycles. The van der Waals surface area contributed by atoms with Crippen LogP contribution >= 0.6 is 0 Å². The van der Waals surface area contributed by atoms with Crippen molar-refractivity contribution in [3.63, 3.8) is 0 Å². The Bertz CT molecular complexity index is 518. The molecular weight excluding hydrogens is 257 g/mol. The lowest BCUT2D eigenvalue weighted by atomic mass is 9.84. The first-order valence-electron chi connectivity index (χ1n) is 5.86. The third-order valence-electron chi connectivity index (χ3n) is 2.96. The standard InChI is InChI=1S/C14H13F3O2/c1-9-6-10-4-2-3-5-11(10)12(7-9)13(18)19-8-14(15,16)17/h2-6,12H,7-8H2,1H3/t12-/m1/s1. The lowest BCUT2D eigenvalue weighted by Crippen LogP contribution is -2.25. The van der Waals surface area contributed by atoms with E-state index in [1.165, 1.54) is 0 Å². The smallest absolute Gasteiger partial charge is 0.422 e. The van der Waals surface area contributed by atoms with Crippen molar-refractivity contribution >= 4 is 12.0 Å². The molecule has 2 rings (SSSR count). The second-order valence-electron chi connectivity index (χ2n) is 4.60. The monoisotopic (exact) mass is 270 g/mol. The van der Waals surface area contributed by atoms with Crippen LogP contribution in [0.15, 0.2) is 29.8 Å². The van der Waals surface area contributed by atoms with E-state index < -0.39 is 24.7 Å². The Labute approximate surface area is 108 Å². The predicted molar refractivity (Wildman–Crippen MR) is 64.5 cm³/mol. The highest BCUT2D eigenvalue weighted by molar-refractivity contribution is 5.82. The summed E-state index contributed by atoms with van der Waals surface area (Å²) in [6.45, 7) is 0.313. The molecule has 5 heteroatoms. The summed E-state index contributed by atoms with van der Waals surface area (Å²) in [5.74, 6) is -1.47. The first-order chi connectivity index (χ1) is 8.87. The summed E-state index contributed by atoms with van der Waals surface area (Å²) in [7, 11) is 0. The summed E-state index contributed by atoms with van der Waals surface area (Å²) in [6, 6.07) is 7.17. The minimum atomic E-state index is -4.49. The number of hydrogen-bond acceptors (Lipinski definition) is 2. The van der Waals surface area contributed by atoms with Gasteiger partial charge in [0.05, 0.1) is 5.92 Å². The minimum Gasteiger partial charge on any atom is -0.456 e. The predicted octanol–water partition coefficient (Wildman–Crippen LogP) is 3.68. The average Bonchev–Trinajstić information content (AvgIpc) is 2.34. The van der Waals surface area contributed by atoms with Gasteiger partial charge in [-0.3, -0.25) is 4.79 Å². The molecule has 0 fully saturated rings. The molecule has 102 valence electrons. The number of carbonyl (C=O) groups is 1. The molecule has 1 aliphatic rings. The zero-order chi connectivity index (χ0) is 14.0. The van der Waals surface area contributed by atoms with Gasteiger partial charge in [-0.05, 0) is 24.5 Å². The minimum absolute atomic E-state index is 0.397. The van der Waals surface area contributed by atoms with Gasteiger partial charge in [0.15, 0.2) is 6.61 Å². The summed E-state index contributed by atoms with van der Waals surface area (Å²) in [4.78, 5) is 11.8. The van der Waals surface area contributed by atoms with Crippen LogP contribution < -0.4 is 0 Å². The molecule has 0 bridgehead atoms. The second-order valence-corrected chi connectivity index (χ2v) is 4.60. The molecule has 2 nitrogen and oxygen atoms in total. The maximum atomic E-state index is 12.1. The molecular formula is C14H13F3O2. The van der Waals surface area contributed by atoms with Crippen molar-refractivity contribution in [2.45, 2.75) is 25.4 Å². The van der Waals surface area contributed by atoms with Gasteiger partial charge in [-0.2, -0.15) is 13.2 Å². The van der Waals surface area contributed by atoms with E-state index in [-0.39, 0.29) is 0 Å². The molecule has 0 aliphatic heterocycles. The maximum absolute atomic E-state index is 12.1. The molecule has 1 aromatic rings. The van der Waals surface area contributed by atoms with Gasteiger partial charge in [-0.1, -0.05) is 35.9 Å². The quantitative estimate of drug-likeness (QED) is 0.766. The Kier molecular flexibility index (Phi) is 3.64. The summed E-state index contributed by atoms with van der Waals surface area (Å²) in [5.41, 5.74) is 2.54. The van der Waals surface area contributed by atoms with Gasteiger partial charge in [0.1, 0.15) is 0 Å². The normalized spacial score (nSPS) is 18.5. The van der Waals surface area contributed by atoms with E-state index in [4.69, 9.17) is 0 Å². The van der Waals surface area contributed by atoms with Crippen LogP contribution in [-0.2, 0) is 9.53 Å². The molecule has 0 amide bonds. The Hall–Kier alpha value is -1.78. The van der Waals surface area contributed by atoms with Crippen LogP contribution in [0.3, 0.4) is 0 Å². The number of esters is 1.